The van der Waals surface area contributed by atoms with Gasteiger partial charge in [-0.25, -0.2) is 4.98 Å². The fourth-order valence-corrected chi connectivity index (χ4v) is 2.73. The topological polar surface area (TPSA) is 57.8 Å². The van der Waals surface area contributed by atoms with Crippen molar-refractivity contribution in [1.82, 2.24) is 15.3 Å². The number of aromatic amines is 1. The lowest BCUT2D eigenvalue weighted by Crippen LogP contribution is -2.26. The van der Waals surface area contributed by atoms with Gasteiger partial charge in [-0.1, -0.05) is 35.9 Å². The molecule has 1 aromatic heterocycles. The van der Waals surface area contributed by atoms with Crippen molar-refractivity contribution in [3.05, 3.63) is 64.9 Å². The van der Waals surface area contributed by atoms with Crippen molar-refractivity contribution in [2.45, 2.75) is 25.8 Å². The molecule has 2 N–H and O–H groups in total. The van der Waals surface area contributed by atoms with Gasteiger partial charge in [-0.3, -0.25) is 4.79 Å². The lowest BCUT2D eigenvalue weighted by atomic mass is 10.1. The molecule has 3 rings (SSSR count). The molecular weight excluding hydrogens is 310 g/mol. The number of nitrogens with zero attached hydrogens (tertiary/aromatic N) is 1. The molecule has 0 saturated heterocycles. The van der Waals surface area contributed by atoms with Gasteiger partial charge in [-0.2, -0.15) is 0 Å². The number of imidazole rings is 1. The van der Waals surface area contributed by atoms with Gasteiger partial charge in [-0.15, -0.1) is 0 Å². The smallest absolute Gasteiger partial charge is 0.220 e. The molecule has 118 valence electrons. The standard InChI is InChI=1S/C18H18ClN3O/c1-12(13-5-4-6-14(19)11-13)20-18(23)10-9-17-21-15-7-2-3-8-16(15)22-17/h2-8,11-12H,9-10H2,1H3,(H,20,23)(H,21,22). The van der Waals surface area contributed by atoms with Gasteiger partial charge in [0, 0.05) is 17.9 Å². The Bertz CT molecular complexity index is 795. The van der Waals surface area contributed by atoms with Gasteiger partial charge in [0.1, 0.15) is 5.82 Å². The quantitative estimate of drug-likeness (QED) is 0.743. The predicted octanol–water partition coefficient (Wildman–Crippen LogP) is 4.03. The minimum Gasteiger partial charge on any atom is -0.350 e. The van der Waals surface area contributed by atoms with Crippen LogP contribution in [0.4, 0.5) is 0 Å². The van der Waals surface area contributed by atoms with Crippen molar-refractivity contribution in [1.29, 1.82) is 0 Å². The number of carbonyl (C=O) groups excluding carboxylic acids is 1. The molecule has 3 aromatic rings. The van der Waals surface area contributed by atoms with E-state index in [-0.39, 0.29) is 11.9 Å². The lowest BCUT2D eigenvalue weighted by Gasteiger charge is -2.14. The number of carbonyl (C=O) groups is 1. The van der Waals surface area contributed by atoms with Crippen LogP contribution in [0.2, 0.25) is 5.02 Å². The van der Waals surface area contributed by atoms with Crippen LogP contribution in [-0.2, 0) is 11.2 Å². The summed E-state index contributed by atoms with van der Waals surface area (Å²) in [5.41, 5.74) is 2.92. The first-order valence-electron chi connectivity index (χ1n) is 7.60. The molecule has 2 aromatic carbocycles. The van der Waals surface area contributed by atoms with E-state index in [9.17, 15) is 4.79 Å². The molecule has 5 heteroatoms. The van der Waals surface area contributed by atoms with Crippen LogP contribution in [-0.4, -0.2) is 15.9 Å². The number of fused-ring (bicyclic) bond motifs is 1. The molecule has 0 spiro atoms. The molecule has 1 heterocycles. The molecule has 1 amide bonds. The van der Waals surface area contributed by atoms with E-state index in [1.54, 1.807) is 0 Å². The second kappa shape index (κ2) is 6.84. The highest BCUT2D eigenvalue weighted by molar-refractivity contribution is 6.30. The molecule has 0 radical (unpaired) electrons. The van der Waals surface area contributed by atoms with Gasteiger partial charge in [0.25, 0.3) is 0 Å². The Labute approximate surface area is 139 Å². The van der Waals surface area contributed by atoms with Crippen LogP contribution < -0.4 is 5.32 Å². The van der Waals surface area contributed by atoms with Gasteiger partial charge in [0.05, 0.1) is 17.1 Å². The van der Waals surface area contributed by atoms with E-state index >= 15 is 0 Å². The Morgan fingerprint density at radius 1 is 1.26 bits per heavy atom. The highest BCUT2D eigenvalue weighted by atomic mass is 35.5. The highest BCUT2D eigenvalue weighted by Crippen LogP contribution is 2.17. The number of hydrogen-bond donors (Lipinski definition) is 2. The van der Waals surface area contributed by atoms with Crippen molar-refractivity contribution in [2.24, 2.45) is 0 Å². The van der Waals surface area contributed by atoms with E-state index in [1.807, 2.05) is 55.5 Å². The van der Waals surface area contributed by atoms with Crippen LogP contribution in [0.3, 0.4) is 0 Å². The zero-order valence-electron chi connectivity index (χ0n) is 12.8. The Hall–Kier alpha value is -2.33. The third-order valence-corrected chi connectivity index (χ3v) is 3.99. The van der Waals surface area contributed by atoms with Gasteiger partial charge in [0.15, 0.2) is 0 Å². The Morgan fingerprint density at radius 3 is 2.87 bits per heavy atom. The van der Waals surface area contributed by atoms with Crippen LogP contribution in [0.5, 0.6) is 0 Å². The van der Waals surface area contributed by atoms with Gasteiger partial charge >= 0.3 is 0 Å². The van der Waals surface area contributed by atoms with Crippen LogP contribution in [0.1, 0.15) is 30.8 Å². The number of rotatable bonds is 5. The maximum Gasteiger partial charge on any atom is 0.220 e. The maximum absolute atomic E-state index is 12.1. The fourth-order valence-electron chi connectivity index (χ4n) is 2.53. The summed E-state index contributed by atoms with van der Waals surface area (Å²) in [6, 6.07) is 15.3. The molecule has 1 unspecified atom stereocenters. The molecule has 4 nitrogen and oxygen atoms in total. The van der Waals surface area contributed by atoms with E-state index < -0.39 is 0 Å². The van der Waals surface area contributed by atoms with E-state index in [1.165, 1.54) is 0 Å². The first-order chi connectivity index (χ1) is 11.1. The zero-order valence-corrected chi connectivity index (χ0v) is 13.6. The second-order valence-corrected chi connectivity index (χ2v) is 5.98. The summed E-state index contributed by atoms with van der Waals surface area (Å²) in [4.78, 5) is 19.8. The summed E-state index contributed by atoms with van der Waals surface area (Å²) < 4.78 is 0. The second-order valence-electron chi connectivity index (χ2n) is 5.54. The number of nitrogens with one attached hydrogen (secondary N) is 2. The van der Waals surface area contributed by atoms with E-state index in [4.69, 9.17) is 11.6 Å². The molecule has 0 fully saturated rings. The van der Waals surface area contributed by atoms with Crippen molar-refractivity contribution in [3.63, 3.8) is 0 Å². The van der Waals surface area contributed by atoms with Crippen molar-refractivity contribution < 1.29 is 4.79 Å². The summed E-state index contributed by atoms with van der Waals surface area (Å²) >= 11 is 5.98. The lowest BCUT2D eigenvalue weighted by molar-refractivity contribution is -0.121. The molecule has 0 aliphatic rings. The number of aryl methyl sites for hydroxylation is 1. The van der Waals surface area contributed by atoms with Crippen LogP contribution in [0.25, 0.3) is 11.0 Å². The van der Waals surface area contributed by atoms with Gasteiger partial charge in [-0.05, 0) is 36.8 Å². The van der Waals surface area contributed by atoms with Crippen molar-refractivity contribution in [3.8, 4) is 0 Å². The number of halogens is 1. The fraction of sp³-hybridized carbons (Fsp3) is 0.222. The van der Waals surface area contributed by atoms with Crippen LogP contribution in [0.15, 0.2) is 48.5 Å². The summed E-state index contributed by atoms with van der Waals surface area (Å²) in [5.74, 6) is 0.828. The third kappa shape index (κ3) is 3.90. The van der Waals surface area contributed by atoms with E-state index in [0.29, 0.717) is 17.9 Å². The number of amides is 1. The first kappa shape index (κ1) is 15.6. The zero-order chi connectivity index (χ0) is 16.2. The summed E-state index contributed by atoms with van der Waals surface area (Å²) in [6.07, 6.45) is 0.980. The largest absolute Gasteiger partial charge is 0.350 e. The van der Waals surface area contributed by atoms with E-state index in [0.717, 1.165) is 22.4 Å². The first-order valence-corrected chi connectivity index (χ1v) is 7.98. The molecule has 0 aliphatic heterocycles. The molecule has 0 aliphatic carbocycles. The number of benzene rings is 2. The monoisotopic (exact) mass is 327 g/mol. The van der Waals surface area contributed by atoms with Gasteiger partial charge < -0.3 is 10.3 Å². The number of H-pyrrole nitrogens is 1. The average Bonchev–Trinajstić information content (AvgIpc) is 2.96. The Kier molecular flexibility index (Phi) is 4.63. The number of hydrogen-bond acceptors (Lipinski definition) is 2. The highest BCUT2D eigenvalue weighted by Gasteiger charge is 2.11. The Morgan fingerprint density at radius 2 is 2.09 bits per heavy atom. The molecular formula is C18H18ClN3O. The summed E-state index contributed by atoms with van der Waals surface area (Å²) in [6.45, 7) is 1.95. The number of aromatic nitrogens is 2. The van der Waals surface area contributed by atoms with Gasteiger partial charge in [0.2, 0.25) is 5.91 Å². The van der Waals surface area contributed by atoms with Crippen LogP contribution >= 0.6 is 11.6 Å². The third-order valence-electron chi connectivity index (χ3n) is 3.75. The minimum absolute atomic E-state index is 0.00192. The molecule has 23 heavy (non-hydrogen) atoms. The predicted molar refractivity (Wildman–Crippen MR) is 92.4 cm³/mol. The average molecular weight is 328 g/mol. The molecule has 0 saturated carbocycles. The molecule has 1 atom stereocenters. The Balaban J connectivity index is 1.57. The number of para-hydroxylation sites is 2. The molecule has 0 bridgehead atoms. The van der Waals surface area contributed by atoms with Crippen molar-refractivity contribution >= 4 is 28.5 Å². The van der Waals surface area contributed by atoms with Crippen LogP contribution in [0, 0.1) is 0 Å². The minimum atomic E-state index is -0.0723. The van der Waals surface area contributed by atoms with Crippen molar-refractivity contribution in [2.75, 3.05) is 0 Å². The van der Waals surface area contributed by atoms with E-state index in [2.05, 4.69) is 15.3 Å². The SMILES string of the molecule is CC(NC(=O)CCc1nc2ccccc2[nH]1)c1cccc(Cl)c1. The maximum atomic E-state index is 12.1. The summed E-state index contributed by atoms with van der Waals surface area (Å²) in [5, 5.41) is 3.66. The summed E-state index contributed by atoms with van der Waals surface area (Å²) in [7, 11) is 0. The normalized spacial score (nSPS) is 12.3.